The summed E-state index contributed by atoms with van der Waals surface area (Å²) in [7, 11) is 3.07. The zero-order valence-electron chi connectivity index (χ0n) is 17.4. The van der Waals surface area contributed by atoms with E-state index in [1.165, 1.54) is 18.4 Å². The van der Waals surface area contributed by atoms with E-state index in [0.717, 1.165) is 35.3 Å². The quantitative estimate of drug-likeness (QED) is 0.455. The molecule has 1 aromatic rings. The van der Waals surface area contributed by atoms with Crippen molar-refractivity contribution in [1.29, 1.82) is 5.26 Å². The van der Waals surface area contributed by atoms with Gasteiger partial charge in [0, 0.05) is 18.3 Å². The van der Waals surface area contributed by atoms with Crippen molar-refractivity contribution in [1.82, 2.24) is 5.32 Å². The average molecular weight is 430 g/mol. The Morgan fingerprint density at radius 3 is 2.80 bits per heavy atom. The molecule has 7 nitrogen and oxygen atoms in total. The number of ether oxygens (including phenoxy) is 2. The molecular formula is C22H27N3O4S. The van der Waals surface area contributed by atoms with Gasteiger partial charge in [0.15, 0.2) is 0 Å². The maximum absolute atomic E-state index is 12.4. The molecule has 1 heterocycles. The number of methoxy groups -OCH3 is 1. The second-order valence-electron chi connectivity index (χ2n) is 6.94. The Labute approximate surface area is 181 Å². The van der Waals surface area contributed by atoms with Crippen LogP contribution in [0.25, 0.3) is 0 Å². The third-order valence-electron chi connectivity index (χ3n) is 4.84. The topological polar surface area (TPSA) is 100 Å². The predicted molar refractivity (Wildman–Crippen MR) is 117 cm³/mol. The number of nitrogens with zero attached hydrogens (tertiary/aromatic N) is 1. The number of thiophene rings is 1. The van der Waals surface area contributed by atoms with Crippen molar-refractivity contribution >= 4 is 28.3 Å². The molecule has 0 spiro atoms. The lowest BCUT2D eigenvalue weighted by Gasteiger charge is -2.21. The van der Waals surface area contributed by atoms with Gasteiger partial charge in [-0.1, -0.05) is 18.7 Å². The molecule has 0 bridgehead atoms. The van der Waals surface area contributed by atoms with E-state index in [4.69, 9.17) is 9.47 Å². The van der Waals surface area contributed by atoms with Gasteiger partial charge in [-0.15, -0.1) is 11.3 Å². The summed E-state index contributed by atoms with van der Waals surface area (Å²) in [4.78, 5) is 24.8. The summed E-state index contributed by atoms with van der Waals surface area (Å²) >= 11 is 1.43. The normalized spacial score (nSPS) is 15.4. The molecule has 1 unspecified atom stereocenters. The van der Waals surface area contributed by atoms with Gasteiger partial charge < -0.3 is 20.1 Å². The third kappa shape index (κ3) is 6.22. The van der Waals surface area contributed by atoms with Crippen LogP contribution >= 0.6 is 11.3 Å². The number of nitrogens with one attached hydrogen (secondary N) is 2. The number of nitriles is 1. The number of hydrogen-bond donors (Lipinski definition) is 2. The highest BCUT2D eigenvalue weighted by Gasteiger charge is 2.27. The summed E-state index contributed by atoms with van der Waals surface area (Å²) in [5, 5.41) is 15.5. The minimum Gasteiger partial charge on any atom is -0.497 e. The van der Waals surface area contributed by atoms with Crippen molar-refractivity contribution in [3.63, 3.8) is 0 Å². The van der Waals surface area contributed by atoms with E-state index in [-0.39, 0.29) is 18.2 Å². The monoisotopic (exact) mass is 429 g/mol. The van der Waals surface area contributed by atoms with Crippen LogP contribution in [0, 0.1) is 17.2 Å². The van der Waals surface area contributed by atoms with Crippen LogP contribution in [0.4, 0.5) is 9.80 Å². The average Bonchev–Trinajstić information content (AvgIpc) is 3.10. The van der Waals surface area contributed by atoms with E-state index in [1.807, 2.05) is 0 Å². The Bertz CT molecular complexity index is 895. The van der Waals surface area contributed by atoms with Gasteiger partial charge in [-0.05, 0) is 49.3 Å². The maximum atomic E-state index is 12.4. The molecule has 2 rings (SSSR count). The summed E-state index contributed by atoms with van der Waals surface area (Å²) in [6.07, 6.45) is 5.89. The molecule has 0 radical (unpaired) electrons. The minimum absolute atomic E-state index is 0.170. The summed E-state index contributed by atoms with van der Waals surface area (Å²) in [6, 6.07) is 2.24. The molecule has 1 aliphatic carbocycles. The smallest absolute Gasteiger partial charge is 0.406 e. The highest BCUT2D eigenvalue weighted by atomic mass is 32.1. The molecule has 30 heavy (non-hydrogen) atoms. The lowest BCUT2D eigenvalue weighted by atomic mass is 9.88. The number of fused-ring (bicyclic) bond motifs is 1. The number of allylic oxidation sites excluding steroid dienone is 3. The molecule has 160 valence electrons. The first kappa shape index (κ1) is 23.2. The molecule has 0 aliphatic heterocycles. The molecule has 2 N–H and O–H groups in total. The third-order valence-corrected chi connectivity index (χ3v) is 6.01. The number of carbonyl (C=O) groups is 2. The van der Waals surface area contributed by atoms with Crippen LogP contribution in [0.2, 0.25) is 0 Å². The predicted octanol–water partition coefficient (Wildman–Crippen LogP) is 4.07. The van der Waals surface area contributed by atoms with Crippen molar-refractivity contribution in [3.05, 3.63) is 52.6 Å². The summed E-state index contributed by atoms with van der Waals surface area (Å²) in [5.74, 6) is 0.628. The van der Waals surface area contributed by atoms with Gasteiger partial charge >= 0.3 is 6.09 Å². The van der Waals surface area contributed by atoms with E-state index in [2.05, 4.69) is 29.9 Å². The Morgan fingerprint density at radius 2 is 2.17 bits per heavy atom. The molecule has 0 saturated carbocycles. The molecule has 0 aromatic carbocycles. The Kier molecular flexibility index (Phi) is 8.69. The lowest BCUT2D eigenvalue weighted by molar-refractivity contribution is -0.116. The van der Waals surface area contributed by atoms with Gasteiger partial charge in [-0.2, -0.15) is 5.26 Å². The highest BCUT2D eigenvalue weighted by Crippen LogP contribution is 2.39. The number of hydrogen-bond acceptors (Lipinski definition) is 6. The van der Waals surface area contributed by atoms with Crippen LogP contribution < -0.4 is 10.6 Å². The maximum Gasteiger partial charge on any atom is 0.406 e. The number of amides is 2. The first-order chi connectivity index (χ1) is 14.4. The van der Waals surface area contributed by atoms with E-state index >= 15 is 0 Å². The fourth-order valence-electron chi connectivity index (χ4n) is 3.21. The number of carbonyl (C=O) groups excluding carboxylic acids is 2. The second kappa shape index (κ2) is 11.2. The molecule has 2 amide bonds. The zero-order valence-corrected chi connectivity index (χ0v) is 18.2. The Balaban J connectivity index is 1.98. The molecule has 1 aromatic heterocycles. The largest absolute Gasteiger partial charge is 0.497 e. The van der Waals surface area contributed by atoms with Crippen LogP contribution in [0.3, 0.4) is 0 Å². The Hall–Kier alpha value is -3.05. The van der Waals surface area contributed by atoms with E-state index in [0.29, 0.717) is 29.4 Å². The van der Waals surface area contributed by atoms with Crippen molar-refractivity contribution in [2.75, 3.05) is 26.1 Å². The number of anilines is 1. The standard InChI is InChI=1S/C22H27N3O4S/c1-5-16(28-4)10-14(2)6-9-20(26)25-21-18(12-23)17-8-7-15(11-19(17)30-21)13-29-22(27)24-3/h5,10,15H,1-2,6-9,11,13H2,3-4H3,(H,24,27)(H,25,26)/b16-10+. The van der Waals surface area contributed by atoms with Gasteiger partial charge in [0.25, 0.3) is 0 Å². The summed E-state index contributed by atoms with van der Waals surface area (Å²) < 4.78 is 10.3. The van der Waals surface area contributed by atoms with Crippen LogP contribution in [-0.2, 0) is 27.1 Å². The number of alkyl carbamates (subject to hydrolysis) is 1. The molecule has 0 fully saturated rings. The van der Waals surface area contributed by atoms with Crippen molar-refractivity contribution < 1.29 is 19.1 Å². The molecular weight excluding hydrogens is 402 g/mol. The summed E-state index contributed by atoms with van der Waals surface area (Å²) in [6.45, 7) is 7.91. The van der Waals surface area contributed by atoms with Crippen LogP contribution in [0.15, 0.2) is 36.6 Å². The van der Waals surface area contributed by atoms with Gasteiger partial charge in [-0.25, -0.2) is 4.79 Å². The van der Waals surface area contributed by atoms with Crippen molar-refractivity contribution in [3.8, 4) is 6.07 Å². The summed E-state index contributed by atoms with van der Waals surface area (Å²) in [5.41, 5.74) is 2.30. The molecule has 0 saturated heterocycles. The lowest BCUT2D eigenvalue weighted by Crippen LogP contribution is -2.25. The number of rotatable bonds is 9. The van der Waals surface area contributed by atoms with E-state index in [1.54, 1.807) is 19.3 Å². The van der Waals surface area contributed by atoms with Crippen LogP contribution in [-0.4, -0.2) is 32.8 Å². The van der Waals surface area contributed by atoms with Gasteiger partial charge in [-0.3, -0.25) is 4.79 Å². The highest BCUT2D eigenvalue weighted by molar-refractivity contribution is 7.16. The van der Waals surface area contributed by atoms with E-state index in [9.17, 15) is 14.9 Å². The molecule has 8 heteroatoms. The SMILES string of the molecule is C=C/C(=C\C(=C)CCC(=O)Nc1sc2c(c1C#N)CCC(COC(=O)NC)C2)OC. The van der Waals surface area contributed by atoms with Crippen molar-refractivity contribution in [2.24, 2.45) is 5.92 Å². The minimum atomic E-state index is -0.445. The Morgan fingerprint density at radius 1 is 1.40 bits per heavy atom. The van der Waals surface area contributed by atoms with E-state index < -0.39 is 6.09 Å². The first-order valence-electron chi connectivity index (χ1n) is 9.66. The second-order valence-corrected chi connectivity index (χ2v) is 8.04. The molecule has 1 atom stereocenters. The fraction of sp³-hybridized carbons (Fsp3) is 0.409. The molecule has 1 aliphatic rings. The fourth-order valence-corrected chi connectivity index (χ4v) is 4.53. The van der Waals surface area contributed by atoms with Crippen LogP contribution in [0.1, 0.15) is 35.3 Å². The first-order valence-corrected chi connectivity index (χ1v) is 10.5. The van der Waals surface area contributed by atoms with Gasteiger partial charge in [0.05, 0.1) is 19.3 Å². The van der Waals surface area contributed by atoms with Gasteiger partial charge in [0.2, 0.25) is 5.91 Å². The van der Waals surface area contributed by atoms with Gasteiger partial charge in [0.1, 0.15) is 16.8 Å². The zero-order chi connectivity index (χ0) is 22.1. The van der Waals surface area contributed by atoms with Crippen LogP contribution in [0.5, 0.6) is 0 Å². The van der Waals surface area contributed by atoms with Crippen molar-refractivity contribution in [2.45, 2.75) is 32.1 Å².